The van der Waals surface area contributed by atoms with Crippen LogP contribution in [0.3, 0.4) is 0 Å². The summed E-state index contributed by atoms with van der Waals surface area (Å²) in [6, 6.07) is 2.75. The summed E-state index contributed by atoms with van der Waals surface area (Å²) in [7, 11) is 0. The molecule has 4 aliphatic carbocycles. The van der Waals surface area contributed by atoms with Crippen LogP contribution in [0.5, 0.6) is 0 Å². The van der Waals surface area contributed by atoms with Crippen molar-refractivity contribution in [3.8, 4) is 0 Å². The van der Waals surface area contributed by atoms with Crippen molar-refractivity contribution in [2.75, 3.05) is 6.61 Å². The van der Waals surface area contributed by atoms with Crippen LogP contribution < -0.4 is 0 Å². The van der Waals surface area contributed by atoms with Crippen molar-refractivity contribution in [2.45, 2.75) is 69.0 Å². The zero-order valence-corrected chi connectivity index (χ0v) is 20.6. The summed E-state index contributed by atoms with van der Waals surface area (Å²) in [5, 5.41) is 20.9. The van der Waals surface area contributed by atoms with Crippen molar-refractivity contribution in [1.82, 2.24) is 0 Å². The number of alkyl halides is 2. The molecular weight excluding hydrogens is 497 g/mol. The molecule has 0 unspecified atom stereocenters. The van der Waals surface area contributed by atoms with Gasteiger partial charge in [-0.3, -0.25) is 9.59 Å². The highest BCUT2D eigenvalue weighted by Gasteiger charge is 2.80. The van der Waals surface area contributed by atoms with E-state index in [1.807, 2.05) is 0 Å². The van der Waals surface area contributed by atoms with Gasteiger partial charge in [0, 0.05) is 16.7 Å². The summed E-state index contributed by atoms with van der Waals surface area (Å²) in [5.74, 6) is -2.74. The lowest BCUT2D eigenvalue weighted by Crippen LogP contribution is -2.70. The van der Waals surface area contributed by atoms with Crippen molar-refractivity contribution >= 4 is 22.9 Å². The number of carbonyl (C=O) groups excluding carboxylic acids is 2. The first-order chi connectivity index (χ1) is 16.9. The maximum Gasteiger partial charge on any atom is 0.195 e. The zero-order chi connectivity index (χ0) is 25.8. The first-order valence-electron chi connectivity index (χ1n) is 12.1. The Labute approximate surface area is 209 Å². The van der Waals surface area contributed by atoms with Crippen LogP contribution >= 0.6 is 11.3 Å². The van der Waals surface area contributed by atoms with Crippen LogP contribution in [-0.2, 0) is 19.1 Å². The molecule has 10 atom stereocenters. The summed E-state index contributed by atoms with van der Waals surface area (Å²) in [6.45, 7) is 2.34. The largest absolute Gasteiger partial charge is 0.390 e. The van der Waals surface area contributed by atoms with E-state index in [4.69, 9.17) is 9.47 Å². The standard InChI is InChI=1S/C26H27F3O6S/c1-23-6-5-12(31)7-15(23)16(27)8-14-13-9-20-26(19(33)11-30,24(13,2)10-18(32)25(14,23)29)35-22(34-20)17-3-4-21(28)36-17/h3-7,13-14,16,18,20,22,30,32H,8-11H2,1-2H3/t13-,14-,16-,18-,20+,22+,23-,24-,25-,26+/m0/s1. The molecule has 1 saturated heterocycles. The fraction of sp³-hybridized carbons (Fsp3) is 0.615. The van der Waals surface area contributed by atoms with E-state index < -0.39 is 81.9 Å². The number of allylic oxidation sites excluding steroid dienone is 4. The van der Waals surface area contributed by atoms with Crippen molar-refractivity contribution < 1.29 is 42.4 Å². The van der Waals surface area contributed by atoms with Gasteiger partial charge >= 0.3 is 0 Å². The van der Waals surface area contributed by atoms with Crippen molar-refractivity contribution in [1.29, 1.82) is 0 Å². The molecule has 1 aromatic rings. The van der Waals surface area contributed by atoms with E-state index in [0.717, 1.165) is 17.4 Å². The van der Waals surface area contributed by atoms with Crippen LogP contribution in [-0.4, -0.2) is 58.0 Å². The second kappa shape index (κ2) is 7.60. The molecule has 0 spiro atoms. The highest BCUT2D eigenvalue weighted by Crippen LogP contribution is 2.72. The maximum atomic E-state index is 17.3. The molecule has 2 N–H and O–H groups in total. The van der Waals surface area contributed by atoms with E-state index in [0.29, 0.717) is 4.88 Å². The molecule has 0 amide bonds. The van der Waals surface area contributed by atoms with Gasteiger partial charge < -0.3 is 19.7 Å². The highest BCUT2D eigenvalue weighted by atomic mass is 32.1. The molecule has 10 heteroatoms. The summed E-state index contributed by atoms with van der Waals surface area (Å²) in [4.78, 5) is 25.8. The minimum absolute atomic E-state index is 0.0167. The Balaban J connectivity index is 1.45. The van der Waals surface area contributed by atoms with E-state index in [-0.39, 0.29) is 24.8 Å². The third-order valence-corrected chi connectivity index (χ3v) is 10.6. The number of Topliss-reactive ketones (excluding diaryl/α,β-unsaturated/α-hetero) is 1. The Hall–Kier alpha value is -1.85. The second-order valence-corrected chi connectivity index (χ2v) is 12.2. The Morgan fingerprint density at radius 3 is 2.67 bits per heavy atom. The molecule has 6 rings (SSSR count). The smallest absolute Gasteiger partial charge is 0.195 e. The van der Waals surface area contributed by atoms with Crippen LogP contribution in [0, 0.1) is 27.8 Å². The molecule has 6 nitrogen and oxygen atoms in total. The molecule has 0 bridgehead atoms. The summed E-state index contributed by atoms with van der Waals surface area (Å²) >= 11 is 0.810. The normalized spacial score (nSPS) is 49.2. The number of thiophene rings is 1. The van der Waals surface area contributed by atoms with Gasteiger partial charge in [0.2, 0.25) is 0 Å². The minimum Gasteiger partial charge on any atom is -0.390 e. The van der Waals surface area contributed by atoms with Crippen molar-refractivity contribution in [3.63, 3.8) is 0 Å². The van der Waals surface area contributed by atoms with Gasteiger partial charge in [0.15, 0.2) is 34.3 Å². The molecule has 0 radical (unpaired) electrons. The molecule has 194 valence electrons. The van der Waals surface area contributed by atoms with Crippen LogP contribution in [0.15, 0.2) is 35.9 Å². The Bertz CT molecular complexity index is 1210. The number of carbonyl (C=O) groups is 2. The van der Waals surface area contributed by atoms with Crippen LogP contribution in [0.25, 0.3) is 0 Å². The lowest BCUT2D eigenvalue weighted by atomic mass is 9.44. The molecule has 3 saturated carbocycles. The monoisotopic (exact) mass is 524 g/mol. The van der Waals surface area contributed by atoms with Gasteiger partial charge in [0.05, 0.1) is 17.1 Å². The van der Waals surface area contributed by atoms with Crippen LogP contribution in [0.1, 0.15) is 44.3 Å². The number of ketones is 2. The van der Waals surface area contributed by atoms with E-state index in [9.17, 15) is 24.2 Å². The van der Waals surface area contributed by atoms with E-state index in [1.54, 1.807) is 6.92 Å². The summed E-state index contributed by atoms with van der Waals surface area (Å²) in [5.41, 5.74) is -6.76. The average Bonchev–Trinajstić information content (AvgIpc) is 3.49. The number of rotatable bonds is 3. The van der Waals surface area contributed by atoms with E-state index >= 15 is 8.78 Å². The Morgan fingerprint density at radius 1 is 1.25 bits per heavy atom. The van der Waals surface area contributed by atoms with Gasteiger partial charge in [-0.1, -0.05) is 13.0 Å². The van der Waals surface area contributed by atoms with Gasteiger partial charge in [-0.2, -0.15) is 4.39 Å². The lowest BCUT2D eigenvalue weighted by molar-refractivity contribution is -0.234. The molecule has 5 aliphatic rings. The van der Waals surface area contributed by atoms with Gasteiger partial charge in [-0.15, -0.1) is 11.3 Å². The zero-order valence-electron chi connectivity index (χ0n) is 19.7. The molecule has 2 heterocycles. The number of hydrogen-bond donors (Lipinski definition) is 2. The Kier molecular flexibility index (Phi) is 5.17. The quantitative estimate of drug-likeness (QED) is 0.629. The number of aliphatic hydroxyl groups is 2. The SMILES string of the molecule is C[C@]12C=CC(=O)C=C1[C@@H](F)C[C@H]1[C@@H]3C[C@H]4O[C@@H](c5ccc(F)s5)O[C@@]4(C(=O)CO)[C@@]3(C)C[C@H](O)[C@@]12F. The fourth-order valence-corrected chi connectivity index (χ4v) is 8.85. The van der Waals surface area contributed by atoms with E-state index in [2.05, 4.69) is 0 Å². The molecule has 1 aliphatic heterocycles. The van der Waals surface area contributed by atoms with Gasteiger partial charge in [0.1, 0.15) is 12.8 Å². The van der Waals surface area contributed by atoms with Gasteiger partial charge in [-0.25, -0.2) is 8.78 Å². The second-order valence-electron chi connectivity index (χ2n) is 11.1. The number of halogens is 3. The first-order valence-corrected chi connectivity index (χ1v) is 12.9. The summed E-state index contributed by atoms with van der Waals surface area (Å²) < 4.78 is 58.9. The third kappa shape index (κ3) is 2.72. The molecule has 1 aromatic heterocycles. The van der Waals surface area contributed by atoms with Crippen LogP contribution in [0.2, 0.25) is 0 Å². The summed E-state index contributed by atoms with van der Waals surface area (Å²) in [6.07, 6.45) is -1.84. The molecule has 0 aromatic carbocycles. The third-order valence-electron chi connectivity index (χ3n) is 9.75. The topological polar surface area (TPSA) is 93.1 Å². The number of ether oxygens (including phenoxy) is 2. The van der Waals surface area contributed by atoms with Gasteiger partial charge in [0.25, 0.3) is 0 Å². The minimum atomic E-state index is -2.30. The number of fused-ring (bicyclic) bond motifs is 7. The molecular formula is C26H27F3O6S. The number of hydrogen-bond acceptors (Lipinski definition) is 7. The predicted molar refractivity (Wildman–Crippen MR) is 122 cm³/mol. The van der Waals surface area contributed by atoms with Crippen LogP contribution in [0.4, 0.5) is 13.2 Å². The highest BCUT2D eigenvalue weighted by molar-refractivity contribution is 7.10. The average molecular weight is 525 g/mol. The van der Waals surface area contributed by atoms with E-state index in [1.165, 1.54) is 31.2 Å². The molecule has 36 heavy (non-hydrogen) atoms. The van der Waals surface area contributed by atoms with Gasteiger partial charge in [-0.05, 0) is 62.0 Å². The molecule has 4 fully saturated rings. The first kappa shape index (κ1) is 24.5. The fourth-order valence-electron chi connectivity index (χ4n) is 8.15. The van der Waals surface area contributed by atoms with Crippen molar-refractivity contribution in [2.24, 2.45) is 22.7 Å². The predicted octanol–water partition coefficient (Wildman–Crippen LogP) is 3.53. The lowest BCUT2D eigenvalue weighted by Gasteiger charge is -2.63. The number of aliphatic hydroxyl groups excluding tert-OH is 2. The Morgan fingerprint density at radius 2 is 2.00 bits per heavy atom. The maximum absolute atomic E-state index is 17.3. The van der Waals surface area contributed by atoms with Crippen molar-refractivity contribution in [3.05, 3.63) is 45.9 Å².